The molecule has 3 atom stereocenters. The minimum Gasteiger partial charge on any atom is -0.457 e. The molecule has 0 bridgehead atoms. The summed E-state index contributed by atoms with van der Waals surface area (Å²) in [6, 6.07) is 17.6. The highest BCUT2D eigenvalue weighted by Gasteiger charge is 2.49. The Morgan fingerprint density at radius 2 is 1.82 bits per heavy atom. The number of carbonyl (C=O) groups excluding carboxylic acids is 2. The van der Waals surface area contributed by atoms with Crippen LogP contribution in [-0.2, 0) is 10.3 Å². The first-order valence-electron chi connectivity index (χ1n) is 13.3. The molecule has 40 heavy (non-hydrogen) atoms. The van der Waals surface area contributed by atoms with E-state index in [1.807, 2.05) is 69.6 Å². The standard InChI is InChI=1S/C31H33N5O3S/c1-17-15-20(39-19-7-5-4-6-8-19)9-10-21(17)31(34)22-11-12-23(32)27-24(22)25(26(33)29(31)37)28(40-27)30(38)36(3)18-13-14-35(2)16-18/h4-12,15,18,26H,13-14,16,32-34H2,1-3H3. The van der Waals surface area contributed by atoms with Crippen LogP contribution in [0.15, 0.2) is 60.7 Å². The number of likely N-dealkylation sites (N-methyl/N-ethyl adjacent to an activating group) is 2. The second-order valence-electron chi connectivity index (χ2n) is 10.9. The molecule has 6 rings (SSSR count). The normalized spacial score (nSPS) is 22.6. The predicted octanol–water partition coefficient (Wildman–Crippen LogP) is 4.15. The van der Waals surface area contributed by atoms with E-state index in [0.717, 1.165) is 29.8 Å². The van der Waals surface area contributed by atoms with Gasteiger partial charge in [0.2, 0.25) is 0 Å². The number of nitrogen functional groups attached to an aromatic ring is 1. The van der Waals surface area contributed by atoms with Gasteiger partial charge in [-0.05, 0) is 74.0 Å². The Labute approximate surface area is 237 Å². The number of ether oxygens (including phenoxy) is 1. The van der Waals surface area contributed by atoms with Gasteiger partial charge in [-0.1, -0.05) is 30.3 Å². The lowest BCUT2D eigenvalue weighted by atomic mass is 9.69. The van der Waals surface area contributed by atoms with Crippen LogP contribution in [0.5, 0.6) is 11.5 Å². The van der Waals surface area contributed by atoms with Gasteiger partial charge in [0.1, 0.15) is 17.0 Å². The molecule has 9 heteroatoms. The number of para-hydroxylation sites is 1. The van der Waals surface area contributed by atoms with Crippen LogP contribution in [-0.4, -0.2) is 54.7 Å². The van der Waals surface area contributed by atoms with Crippen molar-refractivity contribution in [3.05, 3.63) is 87.8 Å². The molecule has 3 aromatic carbocycles. The minimum atomic E-state index is -1.52. The molecule has 0 radical (unpaired) electrons. The summed E-state index contributed by atoms with van der Waals surface area (Å²) in [5.41, 5.74) is 21.8. The van der Waals surface area contributed by atoms with Gasteiger partial charge in [0.15, 0.2) is 5.78 Å². The maximum Gasteiger partial charge on any atom is 0.264 e. The monoisotopic (exact) mass is 555 g/mol. The smallest absolute Gasteiger partial charge is 0.264 e. The zero-order valence-corrected chi connectivity index (χ0v) is 23.6. The number of Topliss-reactive ketones (excluding diaryl/α,β-unsaturated/α-hetero) is 1. The summed E-state index contributed by atoms with van der Waals surface area (Å²) in [6.45, 7) is 3.64. The molecule has 0 spiro atoms. The molecule has 2 aliphatic rings. The third-order valence-electron chi connectivity index (χ3n) is 8.34. The molecule has 8 nitrogen and oxygen atoms in total. The lowest BCUT2D eigenvalue weighted by Gasteiger charge is -2.37. The molecule has 0 saturated carbocycles. The summed E-state index contributed by atoms with van der Waals surface area (Å²) in [7, 11) is 3.87. The number of nitrogens with zero attached hydrogens (tertiary/aromatic N) is 2. The van der Waals surface area contributed by atoms with Gasteiger partial charge in [0, 0.05) is 36.3 Å². The number of amides is 1. The van der Waals surface area contributed by atoms with Crippen LogP contribution in [0.1, 0.15) is 44.4 Å². The Morgan fingerprint density at radius 3 is 2.50 bits per heavy atom. The van der Waals surface area contributed by atoms with E-state index in [0.29, 0.717) is 44.1 Å². The Bertz CT molecular complexity index is 1650. The Kier molecular flexibility index (Phi) is 6.42. The Morgan fingerprint density at radius 1 is 1.10 bits per heavy atom. The number of aryl methyl sites for hydroxylation is 1. The van der Waals surface area contributed by atoms with E-state index >= 15 is 0 Å². The summed E-state index contributed by atoms with van der Waals surface area (Å²) in [6.07, 6.45) is 0.895. The zero-order valence-electron chi connectivity index (χ0n) is 22.8. The quantitative estimate of drug-likeness (QED) is 0.316. The SMILES string of the molecule is Cc1cc(Oc2ccccc2)ccc1C1(N)C(=O)C(N)c2c(C(=O)N(C)C3CCN(C)C3)sc3c(N)ccc1c23. The van der Waals surface area contributed by atoms with Gasteiger partial charge in [-0.2, -0.15) is 0 Å². The fourth-order valence-corrected chi connectivity index (χ4v) is 7.42. The molecule has 1 aromatic heterocycles. The molecule has 4 aromatic rings. The number of nitrogens with two attached hydrogens (primary N) is 3. The van der Waals surface area contributed by atoms with Crippen molar-refractivity contribution in [2.75, 3.05) is 32.9 Å². The number of likely N-dealkylation sites (tertiary alicyclic amines) is 1. The van der Waals surface area contributed by atoms with Gasteiger partial charge >= 0.3 is 0 Å². The highest BCUT2D eigenvalue weighted by molar-refractivity contribution is 7.21. The van der Waals surface area contributed by atoms with Crippen molar-refractivity contribution in [2.45, 2.75) is 31.0 Å². The zero-order chi connectivity index (χ0) is 28.3. The number of benzene rings is 3. The van der Waals surface area contributed by atoms with Crippen LogP contribution in [0, 0.1) is 6.92 Å². The van der Waals surface area contributed by atoms with Crippen LogP contribution < -0.4 is 21.9 Å². The summed E-state index contributed by atoms with van der Waals surface area (Å²) in [4.78, 5) is 32.4. The summed E-state index contributed by atoms with van der Waals surface area (Å²) in [5.74, 6) is 0.841. The molecule has 1 fully saturated rings. The number of hydrogen-bond donors (Lipinski definition) is 3. The van der Waals surface area contributed by atoms with E-state index in [1.165, 1.54) is 11.3 Å². The molecule has 3 unspecified atom stereocenters. The van der Waals surface area contributed by atoms with E-state index < -0.39 is 11.6 Å². The van der Waals surface area contributed by atoms with Crippen LogP contribution in [0.25, 0.3) is 10.1 Å². The van der Waals surface area contributed by atoms with Crippen LogP contribution in [0.4, 0.5) is 5.69 Å². The number of ketones is 1. The first kappa shape index (κ1) is 26.5. The molecular weight excluding hydrogens is 522 g/mol. The molecule has 6 N–H and O–H groups in total. The first-order valence-corrected chi connectivity index (χ1v) is 14.2. The minimum absolute atomic E-state index is 0.0927. The number of carbonyl (C=O) groups is 2. The summed E-state index contributed by atoms with van der Waals surface area (Å²) < 4.78 is 6.73. The Balaban J connectivity index is 1.46. The van der Waals surface area contributed by atoms with Crippen LogP contribution in [0.2, 0.25) is 0 Å². The van der Waals surface area contributed by atoms with Gasteiger partial charge in [-0.25, -0.2) is 0 Å². The molecule has 1 aliphatic heterocycles. The molecule has 2 heterocycles. The second-order valence-corrected chi connectivity index (χ2v) is 11.9. The van der Waals surface area contributed by atoms with E-state index in [4.69, 9.17) is 21.9 Å². The average Bonchev–Trinajstić information content (AvgIpc) is 3.56. The fraction of sp³-hybridized carbons (Fsp3) is 0.290. The van der Waals surface area contributed by atoms with Crippen molar-refractivity contribution < 1.29 is 14.3 Å². The van der Waals surface area contributed by atoms with Gasteiger partial charge in [-0.15, -0.1) is 11.3 Å². The average molecular weight is 556 g/mol. The van der Waals surface area contributed by atoms with Crippen molar-refractivity contribution in [3.8, 4) is 11.5 Å². The molecule has 1 saturated heterocycles. The maximum atomic E-state index is 14.2. The molecule has 1 amide bonds. The second kappa shape index (κ2) is 9.71. The van der Waals surface area contributed by atoms with Crippen molar-refractivity contribution in [3.63, 3.8) is 0 Å². The number of hydrogen-bond acceptors (Lipinski definition) is 8. The molecule has 1 aliphatic carbocycles. The molecular formula is C31H33N5O3S. The summed E-state index contributed by atoms with van der Waals surface area (Å²) >= 11 is 1.30. The van der Waals surface area contributed by atoms with Gasteiger partial charge < -0.3 is 31.7 Å². The van der Waals surface area contributed by atoms with Crippen molar-refractivity contribution in [1.82, 2.24) is 9.80 Å². The van der Waals surface area contributed by atoms with Crippen LogP contribution in [0.3, 0.4) is 0 Å². The van der Waals surface area contributed by atoms with E-state index in [-0.39, 0.29) is 17.7 Å². The van der Waals surface area contributed by atoms with Gasteiger partial charge in [0.05, 0.1) is 15.6 Å². The van der Waals surface area contributed by atoms with E-state index in [2.05, 4.69) is 4.90 Å². The highest BCUT2D eigenvalue weighted by Crippen LogP contribution is 2.50. The van der Waals surface area contributed by atoms with E-state index in [9.17, 15) is 9.59 Å². The number of rotatable bonds is 5. The number of thiophene rings is 1. The van der Waals surface area contributed by atoms with E-state index in [1.54, 1.807) is 17.0 Å². The topological polar surface area (TPSA) is 128 Å². The predicted molar refractivity (Wildman–Crippen MR) is 159 cm³/mol. The van der Waals surface area contributed by atoms with Gasteiger partial charge in [0.25, 0.3) is 5.91 Å². The third kappa shape index (κ3) is 4.00. The highest BCUT2D eigenvalue weighted by atomic mass is 32.1. The third-order valence-corrected chi connectivity index (χ3v) is 9.59. The largest absolute Gasteiger partial charge is 0.457 e. The van der Waals surface area contributed by atoms with Crippen molar-refractivity contribution in [1.29, 1.82) is 0 Å². The number of anilines is 1. The fourth-order valence-electron chi connectivity index (χ4n) is 6.14. The van der Waals surface area contributed by atoms with Crippen molar-refractivity contribution in [2.24, 2.45) is 11.5 Å². The maximum absolute atomic E-state index is 14.2. The lowest BCUT2D eigenvalue weighted by molar-refractivity contribution is -0.124. The first-order chi connectivity index (χ1) is 19.1. The molecule has 206 valence electrons. The summed E-state index contributed by atoms with van der Waals surface area (Å²) in [5, 5.41) is 0.712. The van der Waals surface area contributed by atoms with Gasteiger partial charge in [-0.3, -0.25) is 9.59 Å². The Hall–Kier alpha value is -3.76. The van der Waals surface area contributed by atoms with Crippen LogP contribution >= 0.6 is 11.3 Å². The van der Waals surface area contributed by atoms with Crippen molar-refractivity contribution >= 4 is 38.8 Å². The lowest BCUT2D eigenvalue weighted by Crippen LogP contribution is -2.53.